The topological polar surface area (TPSA) is 78.2 Å². The molecular formula is C11H7ClIN3O3. The molecule has 0 spiro atoms. The molecule has 0 aliphatic heterocycles. The van der Waals surface area contributed by atoms with E-state index in [9.17, 15) is 10.1 Å². The largest absolute Gasteiger partial charge is 0.432 e. The van der Waals surface area contributed by atoms with Gasteiger partial charge < -0.3 is 4.74 Å². The van der Waals surface area contributed by atoms with Crippen LogP contribution in [0.4, 0.5) is 5.69 Å². The summed E-state index contributed by atoms with van der Waals surface area (Å²) < 4.78 is 6.29. The van der Waals surface area contributed by atoms with Crippen LogP contribution < -0.4 is 4.74 Å². The van der Waals surface area contributed by atoms with Crippen molar-refractivity contribution < 1.29 is 9.66 Å². The third-order valence-corrected chi connectivity index (χ3v) is 3.29. The number of benzene rings is 1. The molecule has 0 atom stereocenters. The maximum absolute atomic E-state index is 11.0. The molecule has 0 unspecified atom stereocenters. The average Bonchev–Trinajstić information content (AvgIpc) is 2.30. The first kappa shape index (κ1) is 13.9. The van der Waals surface area contributed by atoms with E-state index in [1.54, 1.807) is 12.1 Å². The highest BCUT2D eigenvalue weighted by molar-refractivity contribution is 14.1. The third-order valence-electron chi connectivity index (χ3n) is 2.22. The zero-order valence-corrected chi connectivity index (χ0v) is 12.5. The van der Waals surface area contributed by atoms with Crippen LogP contribution in [-0.2, 0) is 0 Å². The molecule has 0 bridgehead atoms. The lowest BCUT2D eigenvalue weighted by Gasteiger charge is -2.08. The quantitative estimate of drug-likeness (QED) is 0.345. The first-order valence-corrected chi connectivity index (χ1v) is 6.55. The molecule has 19 heavy (non-hydrogen) atoms. The minimum atomic E-state index is -0.587. The summed E-state index contributed by atoms with van der Waals surface area (Å²) in [7, 11) is 0. The summed E-state index contributed by atoms with van der Waals surface area (Å²) >= 11 is 7.77. The summed E-state index contributed by atoms with van der Waals surface area (Å²) in [5.74, 6) is 0.312. The van der Waals surface area contributed by atoms with Crippen LogP contribution in [0.2, 0.25) is 5.28 Å². The highest BCUT2D eigenvalue weighted by atomic mass is 127. The standard InChI is InChI=1S/C11H7ClIN3O3/c1-6-9(16(17)18)10(15-11(12)14-6)19-8-5-3-2-4-7(8)13/h2-5H,1H3. The van der Waals surface area contributed by atoms with Gasteiger partial charge in [0.05, 0.1) is 8.49 Å². The predicted molar refractivity (Wildman–Crippen MR) is 77.7 cm³/mol. The second-order valence-corrected chi connectivity index (χ2v) is 5.02. The molecule has 0 amide bonds. The lowest BCUT2D eigenvalue weighted by atomic mass is 10.3. The maximum Gasteiger partial charge on any atom is 0.352 e. The second kappa shape index (κ2) is 5.66. The second-order valence-electron chi connectivity index (χ2n) is 3.52. The van der Waals surface area contributed by atoms with Crippen molar-refractivity contribution in [3.05, 3.63) is 48.9 Å². The Hall–Kier alpha value is -1.48. The molecule has 6 nitrogen and oxygen atoms in total. The van der Waals surface area contributed by atoms with Gasteiger partial charge in [-0.15, -0.1) is 0 Å². The first-order valence-electron chi connectivity index (χ1n) is 5.10. The van der Waals surface area contributed by atoms with E-state index in [4.69, 9.17) is 16.3 Å². The number of rotatable bonds is 3. The Morgan fingerprint density at radius 2 is 2.05 bits per heavy atom. The van der Waals surface area contributed by atoms with Crippen molar-refractivity contribution in [2.45, 2.75) is 6.92 Å². The maximum atomic E-state index is 11.0. The highest BCUT2D eigenvalue weighted by Crippen LogP contribution is 2.33. The van der Waals surface area contributed by atoms with Crippen molar-refractivity contribution in [3.8, 4) is 11.6 Å². The highest BCUT2D eigenvalue weighted by Gasteiger charge is 2.24. The van der Waals surface area contributed by atoms with E-state index in [2.05, 4.69) is 32.6 Å². The number of para-hydroxylation sites is 1. The van der Waals surface area contributed by atoms with E-state index < -0.39 is 4.92 Å². The van der Waals surface area contributed by atoms with Crippen LogP contribution in [0.5, 0.6) is 11.6 Å². The SMILES string of the molecule is Cc1nc(Cl)nc(Oc2ccccc2I)c1[N+](=O)[O-]. The van der Waals surface area contributed by atoms with Crippen LogP contribution in [0, 0.1) is 20.6 Å². The van der Waals surface area contributed by atoms with E-state index in [1.807, 2.05) is 12.1 Å². The number of aryl methyl sites for hydroxylation is 1. The Balaban J connectivity index is 2.51. The molecular weight excluding hydrogens is 384 g/mol. The zero-order chi connectivity index (χ0) is 14.0. The Morgan fingerprint density at radius 1 is 1.37 bits per heavy atom. The molecule has 98 valence electrons. The van der Waals surface area contributed by atoms with Gasteiger partial charge in [-0.2, -0.15) is 4.98 Å². The monoisotopic (exact) mass is 391 g/mol. The molecule has 2 rings (SSSR count). The number of hydrogen-bond acceptors (Lipinski definition) is 5. The Kier molecular flexibility index (Phi) is 4.15. The molecule has 0 saturated heterocycles. The van der Waals surface area contributed by atoms with Gasteiger partial charge in [0.2, 0.25) is 5.28 Å². The number of hydrogen-bond donors (Lipinski definition) is 0. The summed E-state index contributed by atoms with van der Waals surface area (Å²) in [6.45, 7) is 1.48. The molecule has 2 aromatic rings. The summed E-state index contributed by atoms with van der Waals surface area (Å²) in [6, 6.07) is 7.11. The van der Waals surface area contributed by atoms with Gasteiger partial charge in [0.15, 0.2) is 0 Å². The fourth-order valence-electron chi connectivity index (χ4n) is 1.42. The summed E-state index contributed by atoms with van der Waals surface area (Å²) in [5, 5.41) is 10.9. The van der Waals surface area contributed by atoms with E-state index >= 15 is 0 Å². The Morgan fingerprint density at radius 3 is 2.68 bits per heavy atom. The van der Waals surface area contributed by atoms with E-state index in [-0.39, 0.29) is 22.5 Å². The molecule has 0 N–H and O–H groups in total. The fraction of sp³-hybridized carbons (Fsp3) is 0.0909. The van der Waals surface area contributed by atoms with Crippen molar-refractivity contribution >= 4 is 39.9 Å². The molecule has 1 aromatic carbocycles. The van der Waals surface area contributed by atoms with Crippen LogP contribution in [0.3, 0.4) is 0 Å². The molecule has 0 saturated carbocycles. The van der Waals surface area contributed by atoms with E-state index in [0.717, 1.165) is 3.57 Å². The van der Waals surface area contributed by atoms with Crippen LogP contribution in [0.1, 0.15) is 5.69 Å². The summed E-state index contributed by atoms with van der Waals surface area (Å²) in [4.78, 5) is 18.0. The van der Waals surface area contributed by atoms with Crippen LogP contribution in [-0.4, -0.2) is 14.9 Å². The van der Waals surface area contributed by atoms with Gasteiger partial charge >= 0.3 is 11.6 Å². The number of halogens is 2. The molecule has 1 aromatic heterocycles. The molecule has 0 fully saturated rings. The molecule has 0 radical (unpaired) electrons. The Labute approximate surface area is 127 Å². The summed E-state index contributed by atoms with van der Waals surface area (Å²) in [5.41, 5.74) is -0.130. The normalized spacial score (nSPS) is 10.3. The minimum Gasteiger partial charge on any atom is -0.432 e. The van der Waals surface area contributed by atoms with Crippen molar-refractivity contribution in [3.63, 3.8) is 0 Å². The number of nitrogens with zero attached hydrogens (tertiary/aromatic N) is 3. The van der Waals surface area contributed by atoms with Crippen LogP contribution >= 0.6 is 34.2 Å². The van der Waals surface area contributed by atoms with Gasteiger partial charge in [0.25, 0.3) is 0 Å². The van der Waals surface area contributed by atoms with Gasteiger partial charge in [-0.3, -0.25) is 10.1 Å². The van der Waals surface area contributed by atoms with Gasteiger partial charge in [-0.05, 0) is 53.2 Å². The van der Waals surface area contributed by atoms with Gasteiger partial charge in [0.1, 0.15) is 11.4 Å². The van der Waals surface area contributed by atoms with Crippen LogP contribution in [0.25, 0.3) is 0 Å². The Bertz CT molecular complexity index is 651. The average molecular weight is 392 g/mol. The predicted octanol–water partition coefficient (Wildman–Crippen LogP) is 3.74. The van der Waals surface area contributed by atoms with Gasteiger partial charge in [0, 0.05) is 0 Å². The van der Waals surface area contributed by atoms with Crippen LogP contribution in [0.15, 0.2) is 24.3 Å². The first-order chi connectivity index (χ1) is 8.99. The number of nitro groups is 1. The number of aromatic nitrogens is 2. The van der Waals surface area contributed by atoms with Crippen molar-refractivity contribution in [2.24, 2.45) is 0 Å². The molecule has 8 heteroatoms. The lowest BCUT2D eigenvalue weighted by Crippen LogP contribution is -2.02. The molecule has 1 heterocycles. The zero-order valence-electron chi connectivity index (χ0n) is 9.63. The van der Waals surface area contributed by atoms with E-state index in [1.165, 1.54) is 6.92 Å². The van der Waals surface area contributed by atoms with Crippen molar-refractivity contribution in [2.75, 3.05) is 0 Å². The third kappa shape index (κ3) is 3.10. The van der Waals surface area contributed by atoms with Gasteiger partial charge in [-0.25, -0.2) is 4.98 Å². The summed E-state index contributed by atoms with van der Waals surface area (Å²) in [6.07, 6.45) is 0. The van der Waals surface area contributed by atoms with Crippen molar-refractivity contribution in [1.82, 2.24) is 9.97 Å². The molecule has 0 aliphatic rings. The van der Waals surface area contributed by atoms with Gasteiger partial charge in [-0.1, -0.05) is 12.1 Å². The molecule has 0 aliphatic carbocycles. The lowest BCUT2D eigenvalue weighted by molar-refractivity contribution is -0.386. The van der Waals surface area contributed by atoms with E-state index in [0.29, 0.717) is 5.75 Å². The van der Waals surface area contributed by atoms with Crippen molar-refractivity contribution in [1.29, 1.82) is 0 Å². The number of ether oxygens (including phenoxy) is 1. The fourth-order valence-corrected chi connectivity index (χ4v) is 2.12. The minimum absolute atomic E-state index is 0.0935. The smallest absolute Gasteiger partial charge is 0.352 e.